The zero-order chi connectivity index (χ0) is 81.7. The van der Waals surface area contributed by atoms with E-state index in [9.17, 15) is 91.9 Å². The van der Waals surface area contributed by atoms with E-state index in [2.05, 4.69) is 0 Å². The number of quaternary nitrogens is 5. The molecule has 6 aliphatic heterocycles. The van der Waals surface area contributed by atoms with Crippen LogP contribution in [0.3, 0.4) is 0 Å². The highest BCUT2D eigenvalue weighted by Gasteiger charge is 2.58. The number of nitrogens with zero attached hydrogens (tertiary/aromatic N) is 5. The number of ether oxygens (including phenoxy) is 18. The van der Waals surface area contributed by atoms with Gasteiger partial charge in [0.1, 0.15) is 210 Å². The minimum absolute atomic E-state index is 0. The summed E-state index contributed by atoms with van der Waals surface area (Å²) >= 11 is 0. The molecular formula is C68H138Cl5N5O37. The Morgan fingerprint density at radius 2 is 0.443 bits per heavy atom. The molecule has 47 heteroatoms. The molecule has 0 aliphatic carbocycles. The predicted octanol–water partition coefficient (Wildman–Crippen LogP) is -28.1. The van der Waals surface area contributed by atoms with Gasteiger partial charge in [0.05, 0.1) is 178 Å². The first kappa shape index (κ1) is 115. The van der Waals surface area contributed by atoms with E-state index < -0.39 is 248 Å². The average Bonchev–Trinajstić information content (AvgIpc) is 0.770. The molecule has 0 aromatic heterocycles. The Balaban J connectivity index is 0.0000217. The zero-order valence-corrected chi connectivity index (χ0v) is 72.3. The van der Waals surface area contributed by atoms with Gasteiger partial charge in [0.25, 0.3) is 0 Å². The van der Waals surface area contributed by atoms with Crippen molar-refractivity contribution >= 4 is 0 Å². The highest BCUT2D eigenvalue weighted by atomic mass is 35.5. The highest BCUT2D eigenvalue weighted by molar-refractivity contribution is 5.00. The molecule has 0 aromatic rings. The lowest BCUT2D eigenvalue weighted by molar-refractivity contribution is -0.873. The Hall–Kier alpha value is -0.230. The molecule has 0 bridgehead atoms. The number of halogens is 5. The summed E-state index contributed by atoms with van der Waals surface area (Å²) in [5, 5.41) is 207. The lowest BCUT2D eigenvalue weighted by Crippen LogP contribution is -3.00. The van der Waals surface area contributed by atoms with Crippen molar-refractivity contribution in [3.63, 3.8) is 0 Å². The van der Waals surface area contributed by atoms with Gasteiger partial charge in [-0.05, 0) is 0 Å². The van der Waals surface area contributed by atoms with Crippen molar-refractivity contribution in [3.8, 4) is 0 Å². The van der Waals surface area contributed by atoms with E-state index in [1.807, 2.05) is 106 Å². The quantitative estimate of drug-likeness (QED) is 0.0252. The van der Waals surface area contributed by atoms with E-state index in [4.69, 9.17) is 85.3 Å². The van der Waals surface area contributed by atoms with Crippen LogP contribution in [0.25, 0.3) is 0 Å². The highest BCUT2D eigenvalue weighted by Crippen LogP contribution is 2.38. The molecule has 42 nitrogen and oxygen atoms in total. The Labute approximate surface area is 704 Å². The standard InChI is InChI=1S/C68H136N5O36.5ClH.H2O/c1-69(2,3)18-34(74)23-94-28-39-45(79)46(80)52(86)64(100-39)99-33-44-62(51(85)57(91)68(105-44)106-59-41(101-63(93-17)53(87)48(59)82)30-96-25-36(76)20-71(7,8)9)109-67-56(90)50(84)61(43(104-67)32-98-27-38(78)22-73(13,14)15)108-66-55(89)49(83)60(42(103-66)31-97-26-37(77)21-72(10,11)12)107-65-54(88)47(81)58(92-16)40(102-65)29-95-24-35(75)19-70(4,5)6;;;;;;/h34-68,74-91H,18-33H2,1-17H3;5*1H;1H2/q+5;;;;;;/p-5/t34?,35?,36?,37?,38?,39-,40?,41?,42-,43?,44-,45-,46?,47-,48-,49?,50-,51?,52?,53?,54?,55?,56?,57?,58+,59+,60+,61+,62+,63+,64-,65-,66+,67-,68-;;;;;;/m0....../s1. The van der Waals surface area contributed by atoms with Crippen LogP contribution in [0.4, 0.5) is 0 Å². The van der Waals surface area contributed by atoms with Crippen molar-refractivity contribution in [1.29, 1.82) is 0 Å². The molecular weight excluding hydrogens is 1660 g/mol. The first-order valence-electron chi connectivity index (χ1n) is 36.9. The van der Waals surface area contributed by atoms with Crippen molar-refractivity contribution in [1.82, 2.24) is 0 Å². The van der Waals surface area contributed by atoms with Gasteiger partial charge in [0.15, 0.2) is 37.7 Å². The number of aliphatic hydroxyl groups is 18. The van der Waals surface area contributed by atoms with Gasteiger partial charge in [-0.25, -0.2) is 0 Å². The molecule has 0 spiro atoms. The van der Waals surface area contributed by atoms with Gasteiger partial charge in [-0.2, -0.15) is 0 Å². The van der Waals surface area contributed by atoms with Gasteiger partial charge in [0, 0.05) is 14.2 Å². The summed E-state index contributed by atoms with van der Waals surface area (Å²) in [6.45, 7) is -3.35. The average molecular weight is 1800 g/mol. The first-order chi connectivity index (χ1) is 50.5. The van der Waals surface area contributed by atoms with Crippen LogP contribution < -0.4 is 62.0 Å². The van der Waals surface area contributed by atoms with Gasteiger partial charge < -0.3 is 267 Å². The maximum Gasteiger partial charge on any atom is 0.187 e. The molecule has 692 valence electrons. The number of likely N-dealkylation sites (N-methyl/N-ethyl adjacent to an activating group) is 5. The second-order valence-corrected chi connectivity index (χ2v) is 34.6. The maximum atomic E-state index is 12.4. The van der Waals surface area contributed by atoms with E-state index in [1.165, 1.54) is 14.2 Å². The van der Waals surface area contributed by atoms with Crippen molar-refractivity contribution in [3.05, 3.63) is 0 Å². The fraction of sp³-hybridized carbons (Fsp3) is 1.00. The SMILES string of the molecule is CO[C@@H]1OC(COCC(O)C[N+](C)(C)C)[C@@H](O[C@@H]2O[C@@H](CO[C@H]3O[C@@H](COCC(O)C[N+](C)(C)C)[C@H](O)C(O)C3O)[C@@H](O[C@@H]3OC(COCC(O)C[N+](C)(C)C)[C@@H](O[C@H]4O[C@@H](COCC(O)C[N+](C)(C)C)[C@@H](O[C@@H]5OC(COCC(O)C[N+](C)(C)C)[C@@H](OC)[C@@H](O)C5O)C(O)C4O)[C@@H](O)C3O)C(O)C2O)[C@@H](O)C1O.O.[Cl-].[Cl-].[Cl-].[Cl-].[Cl-]. The van der Waals surface area contributed by atoms with Gasteiger partial charge >= 0.3 is 0 Å². The van der Waals surface area contributed by atoms with E-state index in [-0.39, 0.29) is 138 Å². The van der Waals surface area contributed by atoms with Gasteiger partial charge in [-0.1, -0.05) is 0 Å². The number of hydrogen-bond acceptors (Lipinski definition) is 36. The summed E-state index contributed by atoms with van der Waals surface area (Å²) in [6.07, 6.45) is -60.2. The number of aliphatic hydroxyl groups excluding tert-OH is 18. The van der Waals surface area contributed by atoms with Crippen LogP contribution in [-0.4, -0.2) is 560 Å². The second-order valence-electron chi connectivity index (χ2n) is 34.6. The first-order valence-corrected chi connectivity index (χ1v) is 36.9. The Morgan fingerprint density at radius 1 is 0.243 bits per heavy atom. The predicted molar refractivity (Wildman–Crippen MR) is 376 cm³/mol. The molecule has 115 heavy (non-hydrogen) atoms. The van der Waals surface area contributed by atoms with Gasteiger partial charge in [-0.3, -0.25) is 0 Å². The lowest BCUT2D eigenvalue weighted by atomic mass is 9.95. The molecule has 0 saturated carbocycles. The third-order valence-electron chi connectivity index (χ3n) is 18.7. The lowest BCUT2D eigenvalue weighted by Gasteiger charge is -2.50. The van der Waals surface area contributed by atoms with Crippen LogP contribution in [0.1, 0.15) is 0 Å². The summed E-state index contributed by atoms with van der Waals surface area (Å²) in [4.78, 5) is 0. The molecule has 20 N–H and O–H groups in total. The van der Waals surface area contributed by atoms with Crippen LogP contribution >= 0.6 is 0 Å². The molecule has 0 amide bonds. The molecule has 0 aromatic carbocycles. The molecule has 17 unspecified atom stereocenters. The minimum Gasteiger partial charge on any atom is -1.00 e. The molecule has 6 heterocycles. The maximum absolute atomic E-state index is 12.4. The summed E-state index contributed by atoms with van der Waals surface area (Å²) in [5.74, 6) is 0. The van der Waals surface area contributed by atoms with E-state index >= 15 is 0 Å². The van der Waals surface area contributed by atoms with Gasteiger partial charge in [0.2, 0.25) is 0 Å². The molecule has 6 rings (SSSR count). The van der Waals surface area contributed by atoms with Crippen molar-refractivity contribution in [2.24, 2.45) is 0 Å². The smallest absolute Gasteiger partial charge is 0.187 e. The van der Waals surface area contributed by atoms with Crippen LogP contribution in [-0.2, 0) is 85.3 Å². The minimum atomic E-state index is -2.29. The molecule has 6 aliphatic rings. The van der Waals surface area contributed by atoms with Crippen LogP contribution in [0.2, 0.25) is 0 Å². The fourth-order valence-electron chi connectivity index (χ4n) is 13.8. The van der Waals surface area contributed by atoms with E-state index in [0.717, 1.165) is 0 Å². The third kappa shape index (κ3) is 35.6. The Bertz CT molecular complexity index is 2610. The van der Waals surface area contributed by atoms with Crippen molar-refractivity contribution < 1.29 is 267 Å². The van der Waals surface area contributed by atoms with Crippen LogP contribution in [0.15, 0.2) is 0 Å². The summed E-state index contributed by atoms with van der Waals surface area (Å²) < 4.78 is 110. The summed E-state index contributed by atoms with van der Waals surface area (Å²) in [6, 6.07) is 0. The van der Waals surface area contributed by atoms with Gasteiger partial charge in [-0.15, -0.1) is 0 Å². The summed E-state index contributed by atoms with van der Waals surface area (Å²) in [7, 11) is 30.1. The molecule has 0 radical (unpaired) electrons. The molecule has 6 fully saturated rings. The largest absolute Gasteiger partial charge is 1.00 e. The van der Waals surface area contributed by atoms with Crippen LogP contribution in [0, 0.1) is 0 Å². The number of methoxy groups -OCH3 is 2. The fourth-order valence-corrected chi connectivity index (χ4v) is 13.8. The zero-order valence-electron chi connectivity index (χ0n) is 68.5. The van der Waals surface area contributed by atoms with Crippen LogP contribution in [0.5, 0.6) is 0 Å². The number of hydrogen-bond donors (Lipinski definition) is 18. The normalized spacial score (nSPS) is 37.7. The Kier molecular flexibility index (Phi) is 50.7. The third-order valence-corrected chi connectivity index (χ3v) is 18.7. The topological polar surface area (TPSA) is 562 Å². The van der Waals surface area contributed by atoms with E-state index in [0.29, 0.717) is 24.5 Å². The Morgan fingerprint density at radius 3 is 0.687 bits per heavy atom. The monoisotopic (exact) mass is 1790 g/mol. The molecule has 6 saturated heterocycles. The molecule has 35 atom stereocenters. The summed E-state index contributed by atoms with van der Waals surface area (Å²) in [5.41, 5.74) is 0. The number of rotatable bonds is 43. The van der Waals surface area contributed by atoms with E-state index in [1.54, 1.807) is 0 Å². The second kappa shape index (κ2) is 50.8. The van der Waals surface area contributed by atoms with Crippen molar-refractivity contribution in [2.75, 3.05) is 225 Å². The van der Waals surface area contributed by atoms with Crippen molar-refractivity contribution in [2.45, 2.75) is 215 Å².